The third kappa shape index (κ3) is 4.49. The predicted octanol–water partition coefficient (Wildman–Crippen LogP) is 2.57. The van der Waals surface area contributed by atoms with Crippen molar-refractivity contribution in [3.05, 3.63) is 52.9 Å². The molecule has 4 aromatic rings. The second-order valence-corrected chi connectivity index (χ2v) is 7.07. The van der Waals surface area contributed by atoms with Crippen LogP contribution < -0.4 is 5.32 Å². The molecule has 0 radical (unpaired) electrons. The summed E-state index contributed by atoms with van der Waals surface area (Å²) in [6.45, 7) is 1.15. The molecule has 1 aromatic carbocycles. The molecule has 0 bridgehead atoms. The highest BCUT2D eigenvalue weighted by Gasteiger charge is 2.16. The fraction of sp³-hybridized carbons (Fsp3) is 0.211. The lowest BCUT2D eigenvalue weighted by Gasteiger charge is -2.11. The maximum atomic E-state index is 12.1. The molecule has 3 heterocycles. The van der Waals surface area contributed by atoms with Crippen LogP contribution in [0.25, 0.3) is 22.4 Å². The molecule has 29 heavy (non-hydrogen) atoms. The van der Waals surface area contributed by atoms with Crippen LogP contribution in [0, 0.1) is 0 Å². The number of amides is 1. The summed E-state index contributed by atoms with van der Waals surface area (Å²) in [4.78, 5) is 25.1. The molecule has 1 amide bonds. The Labute approximate surface area is 169 Å². The van der Waals surface area contributed by atoms with Gasteiger partial charge in [-0.1, -0.05) is 18.2 Å². The number of aromatic nitrogens is 4. The Morgan fingerprint density at radius 3 is 2.97 bits per heavy atom. The van der Waals surface area contributed by atoms with E-state index < -0.39 is 18.5 Å². The molecule has 0 spiro atoms. The number of ether oxygens (including phenoxy) is 1. The molecule has 1 atom stereocenters. The maximum absolute atomic E-state index is 12.1. The number of rotatable bonds is 7. The maximum Gasteiger partial charge on any atom is 0.330 e. The fourth-order valence-electron chi connectivity index (χ4n) is 2.69. The Kier molecular flexibility index (Phi) is 5.34. The van der Waals surface area contributed by atoms with E-state index in [-0.39, 0.29) is 12.6 Å². The highest BCUT2D eigenvalue weighted by atomic mass is 32.1. The van der Waals surface area contributed by atoms with Crippen molar-refractivity contribution in [2.24, 2.45) is 0 Å². The molecule has 0 aliphatic heterocycles. The summed E-state index contributed by atoms with van der Waals surface area (Å²) >= 11 is 1.51. The van der Waals surface area contributed by atoms with Crippen molar-refractivity contribution in [3.63, 3.8) is 0 Å². The molecule has 0 unspecified atom stereocenters. The Bertz CT molecular complexity index is 1100. The number of para-hydroxylation sites is 1. The van der Waals surface area contributed by atoms with Crippen LogP contribution in [0.3, 0.4) is 0 Å². The zero-order valence-electron chi connectivity index (χ0n) is 15.4. The summed E-state index contributed by atoms with van der Waals surface area (Å²) < 4.78 is 10.7. The van der Waals surface area contributed by atoms with Gasteiger partial charge >= 0.3 is 5.97 Å². The van der Waals surface area contributed by atoms with E-state index in [0.717, 1.165) is 21.3 Å². The number of hydrogen-bond acceptors (Lipinski definition) is 8. The zero-order chi connectivity index (χ0) is 20.2. The van der Waals surface area contributed by atoms with Gasteiger partial charge in [0.25, 0.3) is 5.91 Å². The summed E-state index contributed by atoms with van der Waals surface area (Å²) in [6.07, 6.45) is 0. The van der Waals surface area contributed by atoms with Gasteiger partial charge in [0, 0.05) is 16.3 Å². The van der Waals surface area contributed by atoms with Crippen molar-refractivity contribution in [1.82, 2.24) is 25.5 Å². The predicted molar refractivity (Wildman–Crippen MR) is 105 cm³/mol. The topological polar surface area (TPSA) is 112 Å². The lowest BCUT2D eigenvalue weighted by Crippen LogP contribution is -2.31. The standard InChI is InChI=1S/C19H17N5O4S/c1-12(16-8-13-4-2-3-5-15(13)28-16)20-17(25)10-27-18(26)9-24-22-19(21-23-24)14-6-7-29-11-14/h2-8,11-12H,9-10H2,1H3,(H,20,25)/t12-/m0/s1. The summed E-state index contributed by atoms with van der Waals surface area (Å²) in [5, 5.41) is 19.3. The molecule has 4 rings (SSSR count). The quantitative estimate of drug-likeness (QED) is 0.465. The first kappa shape index (κ1) is 18.8. The van der Waals surface area contributed by atoms with E-state index in [1.54, 1.807) is 6.92 Å². The van der Waals surface area contributed by atoms with Gasteiger partial charge in [0.05, 0.1) is 6.04 Å². The molecule has 0 aliphatic carbocycles. The van der Waals surface area contributed by atoms with E-state index in [0.29, 0.717) is 11.6 Å². The highest BCUT2D eigenvalue weighted by molar-refractivity contribution is 7.08. The van der Waals surface area contributed by atoms with Crippen molar-refractivity contribution in [2.75, 3.05) is 6.61 Å². The molecule has 0 fully saturated rings. The third-order valence-corrected chi connectivity index (χ3v) is 4.80. The minimum atomic E-state index is -0.634. The van der Waals surface area contributed by atoms with Crippen LogP contribution in [-0.2, 0) is 20.9 Å². The van der Waals surface area contributed by atoms with Crippen LogP contribution in [0.4, 0.5) is 0 Å². The van der Waals surface area contributed by atoms with Crippen molar-refractivity contribution in [3.8, 4) is 11.4 Å². The Hall–Kier alpha value is -3.53. The molecule has 3 aromatic heterocycles. The van der Waals surface area contributed by atoms with Gasteiger partial charge in [-0.3, -0.25) is 4.79 Å². The van der Waals surface area contributed by atoms with Gasteiger partial charge in [0.1, 0.15) is 11.3 Å². The van der Waals surface area contributed by atoms with Crippen molar-refractivity contribution in [1.29, 1.82) is 0 Å². The van der Waals surface area contributed by atoms with E-state index in [1.165, 1.54) is 11.3 Å². The fourth-order valence-corrected chi connectivity index (χ4v) is 3.33. The van der Waals surface area contributed by atoms with Crippen LogP contribution in [0.1, 0.15) is 18.7 Å². The number of tetrazole rings is 1. The van der Waals surface area contributed by atoms with Gasteiger partial charge in [-0.05, 0) is 35.7 Å². The van der Waals surface area contributed by atoms with Crippen LogP contribution in [0.5, 0.6) is 0 Å². The number of hydrogen-bond donors (Lipinski definition) is 1. The number of thiophene rings is 1. The third-order valence-electron chi connectivity index (χ3n) is 4.12. The van der Waals surface area contributed by atoms with Crippen LogP contribution in [0.2, 0.25) is 0 Å². The molecule has 0 aliphatic rings. The van der Waals surface area contributed by atoms with Crippen molar-refractivity contribution in [2.45, 2.75) is 19.5 Å². The first-order valence-corrected chi connectivity index (χ1v) is 9.76. The molecule has 9 nitrogen and oxygen atoms in total. The SMILES string of the molecule is C[C@H](NC(=O)COC(=O)Cn1nnc(-c2ccsc2)n1)c1cc2ccccc2o1. The molecule has 0 saturated carbocycles. The van der Waals surface area contributed by atoms with Gasteiger partial charge in [0.15, 0.2) is 13.2 Å². The Balaban J connectivity index is 1.26. The van der Waals surface area contributed by atoms with Gasteiger partial charge in [-0.25, -0.2) is 4.79 Å². The summed E-state index contributed by atoms with van der Waals surface area (Å²) in [7, 11) is 0. The van der Waals surface area contributed by atoms with Gasteiger partial charge < -0.3 is 14.5 Å². The number of carbonyl (C=O) groups excluding carboxylic acids is 2. The van der Waals surface area contributed by atoms with E-state index in [1.807, 2.05) is 47.2 Å². The average Bonchev–Trinajstić information content (AvgIpc) is 3.45. The van der Waals surface area contributed by atoms with Crippen LogP contribution in [-0.4, -0.2) is 38.7 Å². The Morgan fingerprint density at radius 1 is 1.31 bits per heavy atom. The van der Waals surface area contributed by atoms with Gasteiger partial charge in [-0.15, -0.1) is 10.2 Å². The minimum absolute atomic E-state index is 0.233. The normalized spacial score (nSPS) is 12.0. The monoisotopic (exact) mass is 411 g/mol. The molecular formula is C19H17N5O4S. The van der Waals surface area contributed by atoms with E-state index >= 15 is 0 Å². The second kappa shape index (κ2) is 8.23. The van der Waals surface area contributed by atoms with Crippen LogP contribution >= 0.6 is 11.3 Å². The lowest BCUT2D eigenvalue weighted by atomic mass is 10.2. The number of benzene rings is 1. The average molecular weight is 411 g/mol. The molecule has 1 N–H and O–H groups in total. The smallest absolute Gasteiger partial charge is 0.330 e. The number of nitrogens with zero attached hydrogens (tertiary/aromatic N) is 4. The number of fused-ring (bicyclic) bond motifs is 1. The number of furan rings is 1. The number of nitrogens with one attached hydrogen (secondary N) is 1. The van der Waals surface area contributed by atoms with Crippen LogP contribution in [0.15, 0.2) is 51.6 Å². The van der Waals surface area contributed by atoms with E-state index in [9.17, 15) is 9.59 Å². The van der Waals surface area contributed by atoms with Gasteiger partial charge in [-0.2, -0.15) is 16.1 Å². The molecule has 0 saturated heterocycles. The molecular weight excluding hydrogens is 394 g/mol. The molecule has 10 heteroatoms. The van der Waals surface area contributed by atoms with Gasteiger partial charge in [0.2, 0.25) is 5.82 Å². The minimum Gasteiger partial charge on any atom is -0.459 e. The van der Waals surface area contributed by atoms with E-state index in [2.05, 4.69) is 20.7 Å². The van der Waals surface area contributed by atoms with E-state index in [4.69, 9.17) is 9.15 Å². The molecule has 148 valence electrons. The second-order valence-electron chi connectivity index (χ2n) is 6.29. The largest absolute Gasteiger partial charge is 0.459 e. The summed E-state index contributed by atoms with van der Waals surface area (Å²) in [6, 6.07) is 10.9. The number of esters is 1. The first-order valence-electron chi connectivity index (χ1n) is 8.82. The lowest BCUT2D eigenvalue weighted by molar-refractivity contribution is -0.149. The summed E-state index contributed by atoms with van der Waals surface area (Å²) in [5.41, 5.74) is 1.57. The van der Waals surface area contributed by atoms with Crippen molar-refractivity contribution >= 4 is 34.2 Å². The summed E-state index contributed by atoms with van der Waals surface area (Å²) in [5.74, 6) is -0.0160. The zero-order valence-corrected chi connectivity index (χ0v) is 16.3. The highest BCUT2D eigenvalue weighted by Crippen LogP contribution is 2.23. The van der Waals surface area contributed by atoms with Crippen molar-refractivity contribution < 1.29 is 18.7 Å². The first-order chi connectivity index (χ1) is 14.1. The Morgan fingerprint density at radius 2 is 2.17 bits per heavy atom. The number of carbonyl (C=O) groups is 2.